The monoisotopic (exact) mass is 701 g/mol. The average Bonchev–Trinajstić information content (AvgIpc) is 3.47. The molecule has 0 unspecified atom stereocenters. The molecule has 0 bridgehead atoms. The van der Waals surface area contributed by atoms with Gasteiger partial charge in [0.2, 0.25) is 12.4 Å². The number of rotatable bonds is 13. The highest BCUT2D eigenvalue weighted by Crippen LogP contribution is 2.33. The van der Waals surface area contributed by atoms with Crippen molar-refractivity contribution in [1.82, 2.24) is 0 Å². The minimum Gasteiger partial charge on any atom is -0.496 e. The second kappa shape index (κ2) is 16.3. The van der Waals surface area contributed by atoms with Crippen LogP contribution in [0.4, 0.5) is 5.69 Å². The van der Waals surface area contributed by atoms with Gasteiger partial charge >= 0.3 is 23.9 Å². The van der Waals surface area contributed by atoms with E-state index in [0.717, 1.165) is 24.3 Å². The van der Waals surface area contributed by atoms with Gasteiger partial charge in [-0.05, 0) is 48.5 Å². The summed E-state index contributed by atoms with van der Waals surface area (Å²) in [6.07, 6.45) is -6.29. The third-order valence-electron chi connectivity index (χ3n) is 7.65. The molecule has 0 aliphatic carbocycles. The van der Waals surface area contributed by atoms with E-state index in [1.54, 1.807) is 42.5 Å². The second-order valence-electron chi connectivity index (χ2n) is 10.7. The maximum absolute atomic E-state index is 13.6. The highest BCUT2D eigenvalue weighted by atomic mass is 16.8. The van der Waals surface area contributed by atoms with Gasteiger partial charge in [0.25, 0.3) is 5.69 Å². The molecule has 264 valence electrons. The van der Waals surface area contributed by atoms with Crippen LogP contribution in [0.1, 0.15) is 41.4 Å². The van der Waals surface area contributed by atoms with E-state index in [2.05, 4.69) is 0 Å². The topological polar surface area (TPSA) is 185 Å². The highest BCUT2D eigenvalue weighted by molar-refractivity contribution is 5.94. The van der Waals surface area contributed by atoms with E-state index in [0.29, 0.717) is 0 Å². The molecule has 15 nitrogen and oxygen atoms in total. The molecule has 4 aromatic rings. The van der Waals surface area contributed by atoms with E-state index in [9.17, 15) is 29.3 Å². The molecular weight excluding hydrogens is 670 g/mol. The number of nitro benzene ring substituents is 1. The highest BCUT2D eigenvalue weighted by Gasteiger charge is 2.53. The van der Waals surface area contributed by atoms with Gasteiger partial charge < -0.3 is 37.9 Å². The molecule has 1 aliphatic heterocycles. The molecule has 0 radical (unpaired) electrons. The third-order valence-corrected chi connectivity index (χ3v) is 7.65. The predicted molar refractivity (Wildman–Crippen MR) is 175 cm³/mol. The second-order valence-corrected chi connectivity index (χ2v) is 10.7. The number of nitro groups is 1. The summed E-state index contributed by atoms with van der Waals surface area (Å²) in [6.45, 7) is -0.574. The first kappa shape index (κ1) is 35.8. The Morgan fingerprint density at radius 1 is 0.608 bits per heavy atom. The lowest BCUT2D eigenvalue weighted by molar-refractivity contribution is -0.384. The number of nitrogens with zero attached hydrogens (tertiary/aromatic N) is 1. The van der Waals surface area contributed by atoms with E-state index < -0.39 is 60.0 Å². The Bertz CT molecular complexity index is 1910. The zero-order valence-corrected chi connectivity index (χ0v) is 27.4. The van der Waals surface area contributed by atoms with E-state index in [-0.39, 0.29) is 45.2 Å². The molecule has 0 N–H and O–H groups in total. The van der Waals surface area contributed by atoms with Crippen LogP contribution in [0.15, 0.2) is 97.1 Å². The SMILES string of the molecule is COc1ccccc1C(=O)OC[C@@H]1O[C@H](OC(=O)c2ccc([N+](=O)[O-])cc2)[C@H](OC(=O)c2ccccc2OC)[C@@H]1OC(=O)c1ccccc1OC. The molecule has 4 atom stereocenters. The van der Waals surface area contributed by atoms with E-state index >= 15 is 0 Å². The fourth-order valence-corrected chi connectivity index (χ4v) is 5.13. The summed E-state index contributed by atoms with van der Waals surface area (Å²) in [4.78, 5) is 64.1. The fraction of sp³-hybridized carbons (Fsp3) is 0.222. The van der Waals surface area contributed by atoms with Crippen molar-refractivity contribution in [2.75, 3.05) is 27.9 Å². The van der Waals surface area contributed by atoms with Gasteiger partial charge in [-0.3, -0.25) is 10.1 Å². The molecular formula is C36H31NO14. The van der Waals surface area contributed by atoms with Gasteiger partial charge in [0.1, 0.15) is 46.6 Å². The minimum atomic E-state index is -1.74. The quantitative estimate of drug-likeness (QED) is 0.0800. The van der Waals surface area contributed by atoms with Gasteiger partial charge in [-0.1, -0.05) is 36.4 Å². The summed E-state index contributed by atoms with van der Waals surface area (Å²) in [7, 11) is 4.09. The lowest BCUT2D eigenvalue weighted by Crippen LogP contribution is -2.43. The fourth-order valence-electron chi connectivity index (χ4n) is 5.13. The molecule has 1 heterocycles. The van der Waals surface area contributed by atoms with Crippen LogP contribution in [0.25, 0.3) is 0 Å². The number of carbonyl (C=O) groups excluding carboxylic acids is 4. The number of non-ortho nitro benzene ring substituents is 1. The number of esters is 4. The van der Waals surface area contributed by atoms with Crippen molar-refractivity contribution < 1.29 is 62.0 Å². The first-order valence-corrected chi connectivity index (χ1v) is 15.2. The summed E-state index contributed by atoms with van der Waals surface area (Å²) in [5, 5.41) is 11.1. The van der Waals surface area contributed by atoms with Crippen LogP contribution in [0.2, 0.25) is 0 Å². The normalized spacial score (nSPS) is 17.8. The van der Waals surface area contributed by atoms with Gasteiger partial charge in [0.05, 0.1) is 31.8 Å². The first-order chi connectivity index (χ1) is 24.6. The Morgan fingerprint density at radius 3 is 1.53 bits per heavy atom. The largest absolute Gasteiger partial charge is 0.496 e. The number of methoxy groups -OCH3 is 3. The molecule has 0 spiro atoms. The maximum Gasteiger partial charge on any atom is 0.342 e. The number of para-hydroxylation sites is 3. The predicted octanol–water partition coefficient (Wildman–Crippen LogP) is 4.81. The number of hydrogen-bond donors (Lipinski definition) is 0. The van der Waals surface area contributed by atoms with Crippen LogP contribution in [0.3, 0.4) is 0 Å². The van der Waals surface area contributed by atoms with Gasteiger partial charge in [0, 0.05) is 12.1 Å². The van der Waals surface area contributed by atoms with Crippen LogP contribution < -0.4 is 14.2 Å². The molecule has 0 aromatic heterocycles. The number of ether oxygens (including phenoxy) is 8. The standard InChI is InChI=1S/C36H31NO14/c1-44-26-13-7-4-10-23(26)33(39)47-20-29-30(49-34(40)24-11-5-8-14-27(24)45-2)31(50-35(41)25-12-6-9-15-28(25)46-3)36(48-29)51-32(38)21-16-18-22(19-17-21)37(42)43/h4-19,29-31,36H,20H2,1-3H3/t29-,30+,31+,36+/m0/s1. The maximum atomic E-state index is 13.6. The summed E-state index contributed by atoms with van der Waals surface area (Å²) in [5.41, 5.74) is -0.298. The lowest BCUT2D eigenvalue weighted by Gasteiger charge is -2.24. The van der Waals surface area contributed by atoms with Crippen LogP contribution in [-0.2, 0) is 23.7 Å². The summed E-state index contributed by atoms with van der Waals surface area (Å²) in [6, 6.07) is 23.2. The zero-order valence-electron chi connectivity index (χ0n) is 27.4. The van der Waals surface area contributed by atoms with Crippen molar-refractivity contribution in [3.8, 4) is 17.2 Å². The van der Waals surface area contributed by atoms with Crippen LogP contribution >= 0.6 is 0 Å². The van der Waals surface area contributed by atoms with Crippen molar-refractivity contribution in [2.24, 2.45) is 0 Å². The number of benzene rings is 4. The van der Waals surface area contributed by atoms with Crippen LogP contribution in [0.5, 0.6) is 17.2 Å². The molecule has 1 fully saturated rings. The number of carbonyl (C=O) groups is 4. The van der Waals surface area contributed by atoms with E-state index in [1.807, 2.05) is 0 Å². The molecule has 0 saturated carbocycles. The summed E-state index contributed by atoms with van der Waals surface area (Å²) >= 11 is 0. The first-order valence-electron chi connectivity index (χ1n) is 15.2. The van der Waals surface area contributed by atoms with Crippen molar-refractivity contribution in [2.45, 2.75) is 24.6 Å². The van der Waals surface area contributed by atoms with E-state index in [1.165, 1.54) is 51.7 Å². The van der Waals surface area contributed by atoms with Crippen molar-refractivity contribution in [1.29, 1.82) is 0 Å². The van der Waals surface area contributed by atoms with Gasteiger partial charge in [-0.15, -0.1) is 0 Å². The molecule has 1 saturated heterocycles. The summed E-state index contributed by atoms with van der Waals surface area (Å²) in [5.74, 6) is -3.16. The molecule has 15 heteroatoms. The molecule has 51 heavy (non-hydrogen) atoms. The smallest absolute Gasteiger partial charge is 0.342 e. The zero-order chi connectivity index (χ0) is 36.5. The average molecular weight is 702 g/mol. The Hall–Kier alpha value is -6.48. The van der Waals surface area contributed by atoms with Crippen molar-refractivity contribution in [3.63, 3.8) is 0 Å². The van der Waals surface area contributed by atoms with E-state index in [4.69, 9.17) is 37.9 Å². The van der Waals surface area contributed by atoms with Crippen LogP contribution in [0, 0.1) is 10.1 Å². The molecule has 1 aliphatic rings. The molecule has 5 rings (SSSR count). The Labute approximate surface area is 290 Å². The van der Waals surface area contributed by atoms with Crippen molar-refractivity contribution in [3.05, 3.63) is 129 Å². The Morgan fingerprint density at radius 2 is 1.06 bits per heavy atom. The van der Waals surface area contributed by atoms with Gasteiger partial charge in [0.15, 0.2) is 6.10 Å². The van der Waals surface area contributed by atoms with Gasteiger partial charge in [-0.2, -0.15) is 0 Å². The lowest BCUT2D eigenvalue weighted by atomic mass is 10.1. The molecule has 0 amide bonds. The minimum absolute atomic E-state index is 0.00546. The van der Waals surface area contributed by atoms with Gasteiger partial charge in [-0.25, -0.2) is 19.2 Å². The Kier molecular flexibility index (Phi) is 11.4. The third kappa shape index (κ3) is 8.22. The summed E-state index contributed by atoms with van der Waals surface area (Å²) < 4.78 is 44.7. The molecule has 4 aromatic carbocycles. The Balaban J connectivity index is 1.50. The van der Waals surface area contributed by atoms with Crippen molar-refractivity contribution >= 4 is 29.6 Å². The number of hydrogen-bond acceptors (Lipinski definition) is 14. The van der Waals surface area contributed by atoms with Crippen LogP contribution in [-0.4, -0.2) is 81.3 Å².